The molecule has 0 saturated heterocycles. The lowest BCUT2D eigenvalue weighted by Gasteiger charge is -2.01. The van der Waals surface area contributed by atoms with Crippen LogP contribution in [0.25, 0.3) is 15.9 Å². The average Bonchev–Trinajstić information content (AvgIpc) is 3.12. The Morgan fingerprint density at radius 3 is 2.92 bits per heavy atom. The lowest BCUT2D eigenvalue weighted by atomic mass is 10.3. The van der Waals surface area contributed by atoms with E-state index in [2.05, 4.69) is 16.6 Å². The summed E-state index contributed by atoms with van der Waals surface area (Å²) in [7, 11) is 0. The molecule has 0 atom stereocenters. The van der Waals surface area contributed by atoms with E-state index in [4.69, 9.17) is 0 Å². The fraction of sp³-hybridized carbons (Fsp3) is 0.105. The summed E-state index contributed by atoms with van der Waals surface area (Å²) in [6, 6.07) is 13.7. The highest BCUT2D eigenvalue weighted by atomic mass is 32.1. The van der Waals surface area contributed by atoms with E-state index in [9.17, 15) is 4.79 Å². The average molecular weight is 348 g/mol. The van der Waals surface area contributed by atoms with Gasteiger partial charge in [0.1, 0.15) is 11.3 Å². The zero-order valence-electron chi connectivity index (χ0n) is 13.7. The van der Waals surface area contributed by atoms with Crippen molar-refractivity contribution in [1.29, 1.82) is 0 Å². The topological polar surface area (TPSA) is 51.7 Å². The van der Waals surface area contributed by atoms with Crippen molar-refractivity contribution >= 4 is 33.1 Å². The number of para-hydroxylation sites is 1. The van der Waals surface area contributed by atoms with Crippen molar-refractivity contribution in [2.75, 3.05) is 0 Å². The largest absolute Gasteiger partial charge is 0.312 e. The molecule has 0 aliphatic rings. The van der Waals surface area contributed by atoms with Gasteiger partial charge in [0.05, 0.1) is 15.9 Å². The minimum Gasteiger partial charge on any atom is -0.312 e. The van der Waals surface area contributed by atoms with Gasteiger partial charge in [-0.15, -0.1) is 6.58 Å². The molecule has 0 unspecified atom stereocenters. The molecule has 1 amide bonds. The van der Waals surface area contributed by atoms with E-state index in [1.54, 1.807) is 4.40 Å². The van der Waals surface area contributed by atoms with Crippen LogP contribution < -0.4 is 4.80 Å². The second-order valence-corrected chi connectivity index (χ2v) is 6.65. The van der Waals surface area contributed by atoms with E-state index in [0.29, 0.717) is 22.7 Å². The third-order valence-corrected chi connectivity index (χ3v) is 5.06. The Kier molecular flexibility index (Phi) is 3.82. The fourth-order valence-corrected chi connectivity index (χ4v) is 3.96. The van der Waals surface area contributed by atoms with E-state index in [1.165, 1.54) is 11.3 Å². The summed E-state index contributed by atoms with van der Waals surface area (Å²) >= 11 is 1.50. The SMILES string of the molecule is C=CCn1c(=NC(=O)c2c(C)nc3ccccn23)sc2ccccc21. The third kappa shape index (κ3) is 2.60. The van der Waals surface area contributed by atoms with Crippen molar-refractivity contribution in [1.82, 2.24) is 14.0 Å². The molecule has 0 fully saturated rings. The van der Waals surface area contributed by atoms with Gasteiger partial charge in [-0.25, -0.2) is 4.98 Å². The van der Waals surface area contributed by atoms with Crippen LogP contribution in [0.1, 0.15) is 16.2 Å². The molecule has 0 spiro atoms. The second-order valence-electron chi connectivity index (χ2n) is 5.64. The number of carbonyl (C=O) groups excluding carboxylic acids is 1. The number of hydrogen-bond acceptors (Lipinski definition) is 3. The minimum atomic E-state index is -0.291. The molecule has 0 aliphatic carbocycles. The van der Waals surface area contributed by atoms with Crippen molar-refractivity contribution in [3.63, 3.8) is 0 Å². The van der Waals surface area contributed by atoms with Gasteiger partial charge in [0.15, 0.2) is 4.80 Å². The Morgan fingerprint density at radius 1 is 1.28 bits per heavy atom. The van der Waals surface area contributed by atoms with Gasteiger partial charge in [0.25, 0.3) is 5.91 Å². The number of nitrogens with zero attached hydrogens (tertiary/aromatic N) is 4. The number of imidazole rings is 1. The zero-order valence-corrected chi connectivity index (χ0v) is 14.5. The maximum absolute atomic E-state index is 12.9. The number of carbonyl (C=O) groups is 1. The lowest BCUT2D eigenvalue weighted by Crippen LogP contribution is -2.17. The van der Waals surface area contributed by atoms with Crippen LogP contribution in [0.15, 0.2) is 66.3 Å². The van der Waals surface area contributed by atoms with E-state index in [0.717, 1.165) is 15.9 Å². The molecule has 3 aromatic heterocycles. The molecule has 1 aromatic carbocycles. The first-order valence-corrected chi connectivity index (χ1v) is 8.72. The summed E-state index contributed by atoms with van der Waals surface area (Å²) in [6.07, 6.45) is 3.64. The molecule has 3 heterocycles. The molecule has 0 N–H and O–H groups in total. The minimum absolute atomic E-state index is 0.291. The maximum atomic E-state index is 12.9. The first-order valence-electron chi connectivity index (χ1n) is 7.91. The van der Waals surface area contributed by atoms with Crippen molar-refractivity contribution in [3.05, 3.63) is 77.5 Å². The smallest absolute Gasteiger partial charge is 0.298 e. The molecular formula is C19H16N4OS. The number of thiazole rings is 1. The van der Waals surface area contributed by atoms with Crippen molar-refractivity contribution in [2.24, 2.45) is 4.99 Å². The molecule has 4 rings (SSSR count). The Bertz CT molecular complexity index is 1180. The third-order valence-electron chi connectivity index (χ3n) is 4.00. The van der Waals surface area contributed by atoms with Crippen LogP contribution in [-0.2, 0) is 6.54 Å². The molecule has 25 heavy (non-hydrogen) atoms. The fourth-order valence-electron chi connectivity index (χ4n) is 2.92. The standard InChI is InChI=1S/C19H16N4OS/c1-3-11-22-14-8-4-5-9-15(14)25-19(22)21-18(24)17-13(2)20-16-10-6-7-12-23(16)17/h3-10,12H,1,11H2,2H3. The molecule has 5 nitrogen and oxygen atoms in total. The number of rotatable bonds is 3. The number of aryl methyl sites for hydroxylation is 1. The number of benzene rings is 1. The van der Waals surface area contributed by atoms with Gasteiger partial charge in [-0.1, -0.05) is 35.6 Å². The summed E-state index contributed by atoms with van der Waals surface area (Å²) in [5.41, 5.74) is 2.97. The monoisotopic (exact) mass is 348 g/mol. The summed E-state index contributed by atoms with van der Waals surface area (Å²) in [6.45, 7) is 6.24. The highest BCUT2D eigenvalue weighted by molar-refractivity contribution is 7.16. The van der Waals surface area contributed by atoms with E-state index in [1.807, 2.05) is 66.2 Å². The normalized spacial score (nSPS) is 12.1. The van der Waals surface area contributed by atoms with Gasteiger partial charge in [-0.3, -0.25) is 9.20 Å². The van der Waals surface area contributed by atoms with Gasteiger partial charge >= 0.3 is 0 Å². The quantitative estimate of drug-likeness (QED) is 0.531. The van der Waals surface area contributed by atoms with E-state index < -0.39 is 0 Å². The van der Waals surface area contributed by atoms with Gasteiger partial charge in [0, 0.05) is 12.7 Å². The second kappa shape index (κ2) is 6.14. The van der Waals surface area contributed by atoms with Crippen LogP contribution in [0.3, 0.4) is 0 Å². The highest BCUT2D eigenvalue weighted by Crippen LogP contribution is 2.17. The van der Waals surface area contributed by atoms with Crippen LogP contribution >= 0.6 is 11.3 Å². The highest BCUT2D eigenvalue weighted by Gasteiger charge is 2.16. The van der Waals surface area contributed by atoms with Gasteiger partial charge in [-0.05, 0) is 31.2 Å². The summed E-state index contributed by atoms with van der Waals surface area (Å²) in [4.78, 5) is 22.4. The predicted octanol–water partition coefficient (Wildman–Crippen LogP) is 3.59. The molecule has 6 heteroatoms. The van der Waals surface area contributed by atoms with Crippen molar-refractivity contribution in [3.8, 4) is 0 Å². The molecule has 124 valence electrons. The van der Waals surface area contributed by atoms with Gasteiger partial charge in [0.2, 0.25) is 0 Å². The Balaban J connectivity index is 1.92. The van der Waals surface area contributed by atoms with Crippen LogP contribution in [-0.4, -0.2) is 19.9 Å². The number of fused-ring (bicyclic) bond motifs is 2. The maximum Gasteiger partial charge on any atom is 0.298 e. The molecular weight excluding hydrogens is 332 g/mol. The van der Waals surface area contributed by atoms with Crippen LogP contribution in [0.4, 0.5) is 0 Å². The van der Waals surface area contributed by atoms with Crippen molar-refractivity contribution in [2.45, 2.75) is 13.5 Å². The van der Waals surface area contributed by atoms with E-state index in [-0.39, 0.29) is 5.91 Å². The van der Waals surface area contributed by atoms with Gasteiger partial charge in [-0.2, -0.15) is 4.99 Å². The molecule has 0 saturated carbocycles. The number of allylic oxidation sites excluding steroid dienone is 1. The summed E-state index contributed by atoms with van der Waals surface area (Å²) < 4.78 is 4.88. The van der Waals surface area contributed by atoms with Crippen molar-refractivity contribution < 1.29 is 4.79 Å². The number of amides is 1. The van der Waals surface area contributed by atoms with Crippen LogP contribution in [0.2, 0.25) is 0 Å². The first-order chi connectivity index (χ1) is 12.2. The Labute approximate surface area is 148 Å². The molecule has 0 bridgehead atoms. The Morgan fingerprint density at radius 2 is 2.08 bits per heavy atom. The first kappa shape index (κ1) is 15.5. The zero-order chi connectivity index (χ0) is 17.4. The van der Waals surface area contributed by atoms with Gasteiger partial charge < -0.3 is 4.57 Å². The number of aromatic nitrogens is 3. The van der Waals surface area contributed by atoms with Crippen LogP contribution in [0, 0.1) is 6.92 Å². The molecule has 0 radical (unpaired) electrons. The molecule has 4 aromatic rings. The number of pyridine rings is 1. The molecule has 0 aliphatic heterocycles. The lowest BCUT2D eigenvalue weighted by molar-refractivity contribution is 0.0991. The van der Waals surface area contributed by atoms with E-state index >= 15 is 0 Å². The summed E-state index contributed by atoms with van der Waals surface area (Å²) in [5, 5.41) is 0. The summed E-state index contributed by atoms with van der Waals surface area (Å²) in [5.74, 6) is -0.291. The van der Waals surface area contributed by atoms with Crippen LogP contribution in [0.5, 0.6) is 0 Å². The number of hydrogen-bond donors (Lipinski definition) is 0. The predicted molar refractivity (Wildman–Crippen MR) is 99.8 cm³/mol. The Hall–Kier alpha value is -2.99.